The summed E-state index contributed by atoms with van der Waals surface area (Å²) in [4.78, 5) is 2.42. The molecular formula is C17H22N2O2. The lowest BCUT2D eigenvalue weighted by Crippen LogP contribution is -2.50. The van der Waals surface area contributed by atoms with E-state index >= 15 is 0 Å². The van der Waals surface area contributed by atoms with Gasteiger partial charge >= 0.3 is 0 Å². The molecule has 4 nitrogen and oxygen atoms in total. The molecule has 21 heavy (non-hydrogen) atoms. The predicted octanol–water partition coefficient (Wildman–Crippen LogP) is 1.92. The zero-order valence-electron chi connectivity index (χ0n) is 12.2. The number of hydrogen-bond donors (Lipinski definition) is 1. The SMILES string of the molecule is N#Cc1cccc(CN2CCOCC2C2CCCC2O)c1. The average Bonchev–Trinajstić information content (AvgIpc) is 2.94. The van der Waals surface area contributed by atoms with Crippen molar-refractivity contribution in [2.24, 2.45) is 5.92 Å². The van der Waals surface area contributed by atoms with Crippen molar-refractivity contribution >= 4 is 0 Å². The highest BCUT2D eigenvalue weighted by Crippen LogP contribution is 2.32. The van der Waals surface area contributed by atoms with E-state index in [9.17, 15) is 5.11 Å². The minimum atomic E-state index is -0.190. The van der Waals surface area contributed by atoms with Crippen molar-refractivity contribution in [1.82, 2.24) is 4.90 Å². The molecule has 3 rings (SSSR count). The molecule has 0 aromatic heterocycles. The van der Waals surface area contributed by atoms with Crippen LogP contribution in [0.5, 0.6) is 0 Å². The van der Waals surface area contributed by atoms with Gasteiger partial charge in [-0.3, -0.25) is 4.90 Å². The third kappa shape index (κ3) is 3.26. The quantitative estimate of drug-likeness (QED) is 0.922. The summed E-state index contributed by atoms with van der Waals surface area (Å²) < 4.78 is 5.65. The van der Waals surface area contributed by atoms with E-state index in [4.69, 9.17) is 10.00 Å². The van der Waals surface area contributed by atoms with Crippen LogP contribution >= 0.6 is 0 Å². The van der Waals surface area contributed by atoms with Crippen LogP contribution in [0.3, 0.4) is 0 Å². The van der Waals surface area contributed by atoms with E-state index in [2.05, 4.69) is 17.0 Å². The molecule has 0 spiro atoms. The summed E-state index contributed by atoms with van der Waals surface area (Å²) in [6.07, 6.45) is 2.92. The summed E-state index contributed by atoms with van der Waals surface area (Å²) in [5.74, 6) is 0.324. The molecule has 2 fully saturated rings. The zero-order valence-corrected chi connectivity index (χ0v) is 12.2. The van der Waals surface area contributed by atoms with Gasteiger partial charge in [0.25, 0.3) is 0 Å². The lowest BCUT2D eigenvalue weighted by atomic mass is 9.94. The van der Waals surface area contributed by atoms with E-state index in [1.54, 1.807) is 0 Å². The molecule has 1 saturated carbocycles. The minimum Gasteiger partial charge on any atom is -0.393 e. The smallest absolute Gasteiger partial charge is 0.0991 e. The molecule has 112 valence electrons. The molecule has 3 atom stereocenters. The molecule has 2 aliphatic rings. The Morgan fingerprint density at radius 3 is 3.05 bits per heavy atom. The second-order valence-corrected chi connectivity index (χ2v) is 6.09. The molecule has 0 bridgehead atoms. The van der Waals surface area contributed by atoms with Gasteiger partial charge in [0.15, 0.2) is 0 Å². The fraction of sp³-hybridized carbons (Fsp3) is 0.588. The monoisotopic (exact) mass is 286 g/mol. The van der Waals surface area contributed by atoms with E-state index in [0.717, 1.165) is 44.5 Å². The highest BCUT2D eigenvalue weighted by Gasteiger charge is 2.37. The van der Waals surface area contributed by atoms with Crippen LogP contribution in [0, 0.1) is 17.2 Å². The normalized spacial score (nSPS) is 30.2. The van der Waals surface area contributed by atoms with Gasteiger partial charge in [0.1, 0.15) is 0 Å². The zero-order chi connectivity index (χ0) is 14.7. The van der Waals surface area contributed by atoms with Crippen LogP contribution in [0.2, 0.25) is 0 Å². The van der Waals surface area contributed by atoms with Gasteiger partial charge in [-0.15, -0.1) is 0 Å². The van der Waals surface area contributed by atoms with Gasteiger partial charge in [-0.1, -0.05) is 18.6 Å². The third-order valence-electron chi connectivity index (χ3n) is 4.75. The van der Waals surface area contributed by atoms with Crippen molar-refractivity contribution in [2.75, 3.05) is 19.8 Å². The fourth-order valence-corrected chi connectivity index (χ4v) is 3.64. The van der Waals surface area contributed by atoms with Crippen molar-refractivity contribution in [2.45, 2.75) is 38.0 Å². The number of aliphatic hydroxyl groups excluding tert-OH is 1. The topological polar surface area (TPSA) is 56.5 Å². The van der Waals surface area contributed by atoms with Crippen molar-refractivity contribution < 1.29 is 9.84 Å². The summed E-state index contributed by atoms with van der Waals surface area (Å²) in [6, 6.07) is 10.3. The van der Waals surface area contributed by atoms with Gasteiger partial charge in [-0.2, -0.15) is 5.26 Å². The third-order valence-corrected chi connectivity index (χ3v) is 4.75. The van der Waals surface area contributed by atoms with E-state index in [1.807, 2.05) is 18.2 Å². The molecular weight excluding hydrogens is 264 g/mol. The molecule has 3 unspecified atom stereocenters. The number of ether oxygens (including phenoxy) is 1. The van der Waals surface area contributed by atoms with Crippen LogP contribution in [0.15, 0.2) is 24.3 Å². The molecule has 1 N–H and O–H groups in total. The molecule has 1 heterocycles. The number of nitriles is 1. The Balaban J connectivity index is 1.73. The van der Waals surface area contributed by atoms with E-state index in [-0.39, 0.29) is 6.10 Å². The van der Waals surface area contributed by atoms with Gasteiger partial charge in [-0.25, -0.2) is 0 Å². The van der Waals surface area contributed by atoms with E-state index in [0.29, 0.717) is 24.1 Å². The van der Waals surface area contributed by atoms with Crippen LogP contribution in [0.4, 0.5) is 0 Å². The highest BCUT2D eigenvalue weighted by atomic mass is 16.5. The number of aliphatic hydroxyl groups is 1. The summed E-state index contributed by atoms with van der Waals surface area (Å²) in [6.45, 7) is 3.17. The molecule has 1 aromatic rings. The van der Waals surface area contributed by atoms with Crippen LogP contribution < -0.4 is 0 Å². The van der Waals surface area contributed by atoms with Crippen LogP contribution in [-0.4, -0.2) is 41.9 Å². The maximum absolute atomic E-state index is 10.2. The molecule has 4 heteroatoms. The van der Waals surface area contributed by atoms with E-state index in [1.165, 1.54) is 0 Å². The second-order valence-electron chi connectivity index (χ2n) is 6.09. The lowest BCUT2D eigenvalue weighted by Gasteiger charge is -2.40. The van der Waals surface area contributed by atoms with Crippen LogP contribution in [0.1, 0.15) is 30.4 Å². The van der Waals surface area contributed by atoms with Crippen molar-refractivity contribution in [3.63, 3.8) is 0 Å². The molecule has 1 aromatic carbocycles. The maximum Gasteiger partial charge on any atom is 0.0991 e. The fourth-order valence-electron chi connectivity index (χ4n) is 3.64. The Hall–Kier alpha value is -1.41. The van der Waals surface area contributed by atoms with Crippen LogP contribution in [0.25, 0.3) is 0 Å². The number of benzene rings is 1. The minimum absolute atomic E-state index is 0.190. The number of morpholine rings is 1. The van der Waals surface area contributed by atoms with Crippen molar-refractivity contribution in [3.05, 3.63) is 35.4 Å². The van der Waals surface area contributed by atoms with Crippen LogP contribution in [-0.2, 0) is 11.3 Å². The second kappa shape index (κ2) is 6.57. The largest absolute Gasteiger partial charge is 0.393 e. The Bertz CT molecular complexity index is 526. The lowest BCUT2D eigenvalue weighted by molar-refractivity contribution is -0.0536. The molecule has 1 aliphatic heterocycles. The molecule has 1 aliphatic carbocycles. The van der Waals surface area contributed by atoms with Crippen molar-refractivity contribution in [3.8, 4) is 6.07 Å². The van der Waals surface area contributed by atoms with Gasteiger partial charge in [0.05, 0.1) is 31.0 Å². The first kappa shape index (κ1) is 14.5. The summed E-state index contributed by atoms with van der Waals surface area (Å²) >= 11 is 0. The first-order valence-electron chi connectivity index (χ1n) is 7.77. The first-order valence-corrected chi connectivity index (χ1v) is 7.77. The molecule has 0 amide bonds. The maximum atomic E-state index is 10.2. The van der Waals surface area contributed by atoms with E-state index < -0.39 is 0 Å². The van der Waals surface area contributed by atoms with Crippen molar-refractivity contribution in [1.29, 1.82) is 5.26 Å². The Kier molecular flexibility index (Phi) is 4.54. The Morgan fingerprint density at radius 1 is 1.38 bits per heavy atom. The van der Waals surface area contributed by atoms with Gasteiger partial charge in [0, 0.05) is 25.0 Å². The Morgan fingerprint density at radius 2 is 2.29 bits per heavy atom. The van der Waals surface area contributed by atoms with Gasteiger partial charge in [-0.05, 0) is 30.5 Å². The highest BCUT2D eigenvalue weighted by molar-refractivity contribution is 5.32. The van der Waals surface area contributed by atoms with Gasteiger partial charge in [0.2, 0.25) is 0 Å². The number of rotatable bonds is 3. The number of hydrogen-bond acceptors (Lipinski definition) is 4. The first-order chi connectivity index (χ1) is 10.3. The standard InChI is InChI=1S/C17H22N2O2/c18-10-13-3-1-4-14(9-13)11-19-7-8-21-12-16(19)15-5-2-6-17(15)20/h1,3-4,9,15-17,20H,2,5-8,11-12H2. The number of nitrogens with zero attached hydrogens (tertiary/aromatic N) is 2. The summed E-state index contributed by atoms with van der Waals surface area (Å²) in [5, 5.41) is 19.2. The Labute approximate surface area is 125 Å². The van der Waals surface area contributed by atoms with Gasteiger partial charge < -0.3 is 9.84 Å². The summed E-state index contributed by atoms with van der Waals surface area (Å²) in [5.41, 5.74) is 1.87. The molecule has 1 saturated heterocycles. The summed E-state index contributed by atoms with van der Waals surface area (Å²) in [7, 11) is 0. The predicted molar refractivity (Wildman–Crippen MR) is 79.5 cm³/mol. The molecule has 0 radical (unpaired) electrons. The average molecular weight is 286 g/mol.